The van der Waals surface area contributed by atoms with E-state index >= 15 is 0 Å². The Morgan fingerprint density at radius 3 is 2.36 bits per heavy atom. The fourth-order valence-electron chi connectivity index (χ4n) is 2.05. The highest BCUT2D eigenvalue weighted by molar-refractivity contribution is 5.93. The first-order valence-electron chi connectivity index (χ1n) is 7.56. The van der Waals surface area contributed by atoms with Crippen LogP contribution < -0.4 is 10.6 Å². The Balaban J connectivity index is 2.28. The largest absolute Gasteiger partial charge is 0.416 e. The van der Waals surface area contributed by atoms with Gasteiger partial charge in [0.05, 0.1) is 5.56 Å². The predicted octanol–water partition coefficient (Wildman–Crippen LogP) is 4.08. The monoisotopic (exact) mass is 352 g/mol. The minimum absolute atomic E-state index is 0.0541. The molecule has 2 aromatic rings. The number of amides is 1. The Hall–Kier alpha value is -2.64. The standard InChI is InChI=1S/C17H19F3N4O/c1-10-8-13(14(25)24-16(2,3)4)23-15(21-10)22-12-7-5-6-11(9-12)17(18,19)20/h5-9H,1-4H3,(H,24,25)(H,21,22,23). The Labute approximate surface area is 143 Å². The molecule has 2 rings (SSSR count). The molecule has 0 fully saturated rings. The first-order chi connectivity index (χ1) is 11.4. The van der Waals surface area contributed by atoms with Gasteiger partial charge in [-0.2, -0.15) is 13.2 Å². The average molecular weight is 352 g/mol. The van der Waals surface area contributed by atoms with Crippen LogP contribution in [-0.4, -0.2) is 21.4 Å². The van der Waals surface area contributed by atoms with Crippen LogP contribution in [-0.2, 0) is 6.18 Å². The number of carbonyl (C=O) groups is 1. The summed E-state index contributed by atoms with van der Waals surface area (Å²) < 4.78 is 38.4. The highest BCUT2D eigenvalue weighted by Crippen LogP contribution is 2.31. The van der Waals surface area contributed by atoms with E-state index in [0.29, 0.717) is 5.69 Å². The summed E-state index contributed by atoms with van der Waals surface area (Å²) in [5, 5.41) is 5.49. The summed E-state index contributed by atoms with van der Waals surface area (Å²) in [7, 11) is 0. The number of hydrogen-bond acceptors (Lipinski definition) is 4. The van der Waals surface area contributed by atoms with Gasteiger partial charge in [0.2, 0.25) is 5.95 Å². The van der Waals surface area contributed by atoms with Crippen molar-refractivity contribution in [1.29, 1.82) is 0 Å². The van der Waals surface area contributed by atoms with Gasteiger partial charge < -0.3 is 10.6 Å². The van der Waals surface area contributed by atoms with Crippen molar-refractivity contribution in [2.45, 2.75) is 39.4 Å². The molecule has 0 aliphatic carbocycles. The maximum Gasteiger partial charge on any atom is 0.416 e. The maximum absolute atomic E-state index is 12.8. The zero-order valence-electron chi connectivity index (χ0n) is 14.3. The number of hydrogen-bond donors (Lipinski definition) is 2. The van der Waals surface area contributed by atoms with Gasteiger partial charge in [-0.05, 0) is 52.0 Å². The molecule has 25 heavy (non-hydrogen) atoms. The van der Waals surface area contributed by atoms with Crippen molar-refractivity contribution in [3.63, 3.8) is 0 Å². The Kier molecular flexibility index (Phi) is 5.01. The molecule has 0 spiro atoms. The van der Waals surface area contributed by atoms with Crippen molar-refractivity contribution >= 4 is 17.5 Å². The first kappa shape index (κ1) is 18.7. The van der Waals surface area contributed by atoms with Crippen LogP contribution >= 0.6 is 0 Å². The van der Waals surface area contributed by atoms with E-state index in [1.165, 1.54) is 18.2 Å². The zero-order chi connectivity index (χ0) is 18.8. The Morgan fingerprint density at radius 1 is 1.08 bits per heavy atom. The molecule has 0 unspecified atom stereocenters. The minimum Gasteiger partial charge on any atom is -0.346 e. The molecule has 134 valence electrons. The second-order valence-corrected chi connectivity index (χ2v) is 6.63. The summed E-state index contributed by atoms with van der Waals surface area (Å²) in [6.07, 6.45) is -4.44. The van der Waals surface area contributed by atoms with Crippen LogP contribution in [0.5, 0.6) is 0 Å². The van der Waals surface area contributed by atoms with Crippen molar-refractivity contribution in [3.05, 3.63) is 47.3 Å². The molecule has 8 heteroatoms. The van der Waals surface area contributed by atoms with Gasteiger partial charge in [-0.1, -0.05) is 6.07 Å². The lowest BCUT2D eigenvalue weighted by Crippen LogP contribution is -2.41. The second-order valence-electron chi connectivity index (χ2n) is 6.63. The number of benzene rings is 1. The molecule has 2 N–H and O–H groups in total. The van der Waals surface area contributed by atoms with E-state index in [9.17, 15) is 18.0 Å². The number of carbonyl (C=O) groups excluding carboxylic acids is 1. The van der Waals surface area contributed by atoms with Gasteiger partial charge in [0, 0.05) is 16.9 Å². The highest BCUT2D eigenvalue weighted by Gasteiger charge is 2.30. The first-order valence-corrected chi connectivity index (χ1v) is 7.56. The third kappa shape index (κ3) is 5.44. The van der Waals surface area contributed by atoms with Crippen LogP contribution in [0.15, 0.2) is 30.3 Å². The lowest BCUT2D eigenvalue weighted by atomic mass is 10.1. The number of nitrogens with one attached hydrogen (secondary N) is 2. The van der Waals surface area contributed by atoms with E-state index in [0.717, 1.165) is 12.1 Å². The van der Waals surface area contributed by atoms with Crippen LogP contribution in [0.1, 0.15) is 42.5 Å². The van der Waals surface area contributed by atoms with Crippen molar-refractivity contribution in [2.24, 2.45) is 0 Å². The van der Waals surface area contributed by atoms with Gasteiger partial charge >= 0.3 is 6.18 Å². The molecule has 0 radical (unpaired) electrons. The molecule has 0 bridgehead atoms. The number of nitrogens with zero attached hydrogens (tertiary/aromatic N) is 2. The fraction of sp³-hybridized carbons (Fsp3) is 0.353. The molecule has 0 saturated heterocycles. The van der Waals surface area contributed by atoms with Crippen molar-refractivity contribution in [3.8, 4) is 0 Å². The maximum atomic E-state index is 12.8. The summed E-state index contributed by atoms with van der Waals surface area (Å²) >= 11 is 0. The lowest BCUT2D eigenvalue weighted by molar-refractivity contribution is -0.137. The van der Waals surface area contributed by atoms with Crippen LogP contribution in [0.3, 0.4) is 0 Å². The zero-order valence-corrected chi connectivity index (χ0v) is 14.3. The molecule has 1 aromatic heterocycles. The highest BCUT2D eigenvalue weighted by atomic mass is 19.4. The van der Waals surface area contributed by atoms with E-state index < -0.39 is 17.3 Å². The Bertz CT molecular complexity index is 782. The third-order valence-corrected chi connectivity index (χ3v) is 3.02. The van der Waals surface area contributed by atoms with Gasteiger partial charge in [0.15, 0.2) is 0 Å². The predicted molar refractivity (Wildman–Crippen MR) is 88.7 cm³/mol. The number of anilines is 2. The quantitative estimate of drug-likeness (QED) is 0.874. The van der Waals surface area contributed by atoms with Crippen LogP contribution in [0.2, 0.25) is 0 Å². The van der Waals surface area contributed by atoms with Crippen LogP contribution in [0.4, 0.5) is 24.8 Å². The Morgan fingerprint density at radius 2 is 1.76 bits per heavy atom. The molecule has 1 heterocycles. The summed E-state index contributed by atoms with van der Waals surface area (Å²) in [4.78, 5) is 20.4. The van der Waals surface area contributed by atoms with E-state index in [4.69, 9.17) is 0 Å². The summed E-state index contributed by atoms with van der Waals surface area (Å²) in [5.41, 5.74) is -0.385. The van der Waals surface area contributed by atoms with Gasteiger partial charge in [-0.25, -0.2) is 9.97 Å². The molecule has 5 nitrogen and oxygen atoms in total. The number of aryl methyl sites for hydroxylation is 1. The van der Waals surface area contributed by atoms with E-state index in [-0.39, 0.29) is 23.2 Å². The molecule has 0 aliphatic rings. The number of halogens is 3. The normalized spacial score (nSPS) is 12.0. The van der Waals surface area contributed by atoms with Crippen molar-refractivity contribution in [2.75, 3.05) is 5.32 Å². The third-order valence-electron chi connectivity index (χ3n) is 3.02. The average Bonchev–Trinajstić information content (AvgIpc) is 2.44. The molecule has 1 amide bonds. The van der Waals surface area contributed by atoms with E-state index in [1.54, 1.807) is 6.92 Å². The van der Waals surface area contributed by atoms with Crippen molar-refractivity contribution in [1.82, 2.24) is 15.3 Å². The molecular weight excluding hydrogens is 333 g/mol. The smallest absolute Gasteiger partial charge is 0.346 e. The van der Waals surface area contributed by atoms with Crippen LogP contribution in [0.25, 0.3) is 0 Å². The SMILES string of the molecule is Cc1cc(C(=O)NC(C)(C)C)nc(Nc2cccc(C(F)(F)F)c2)n1. The minimum atomic E-state index is -4.44. The lowest BCUT2D eigenvalue weighted by Gasteiger charge is -2.20. The van der Waals surface area contributed by atoms with Crippen LogP contribution in [0, 0.1) is 6.92 Å². The number of aromatic nitrogens is 2. The summed E-state index contributed by atoms with van der Waals surface area (Å²) in [5.74, 6) is -0.330. The molecule has 0 saturated carbocycles. The van der Waals surface area contributed by atoms with Gasteiger partial charge in [-0.15, -0.1) is 0 Å². The fourth-order valence-corrected chi connectivity index (χ4v) is 2.05. The van der Waals surface area contributed by atoms with Crippen molar-refractivity contribution < 1.29 is 18.0 Å². The molecule has 0 aliphatic heterocycles. The number of rotatable bonds is 3. The molecule has 1 aromatic carbocycles. The molecule has 0 atom stereocenters. The van der Waals surface area contributed by atoms with Gasteiger partial charge in [0.25, 0.3) is 5.91 Å². The van der Waals surface area contributed by atoms with E-state index in [1.807, 2.05) is 20.8 Å². The molecular formula is C17H19F3N4O. The van der Waals surface area contributed by atoms with E-state index in [2.05, 4.69) is 20.6 Å². The topological polar surface area (TPSA) is 66.9 Å². The van der Waals surface area contributed by atoms with Gasteiger partial charge in [-0.3, -0.25) is 4.79 Å². The van der Waals surface area contributed by atoms with Gasteiger partial charge in [0.1, 0.15) is 5.69 Å². The summed E-state index contributed by atoms with van der Waals surface area (Å²) in [6, 6.07) is 6.20. The number of alkyl halides is 3. The summed E-state index contributed by atoms with van der Waals surface area (Å²) in [6.45, 7) is 7.18. The second kappa shape index (κ2) is 6.70.